The summed E-state index contributed by atoms with van der Waals surface area (Å²) in [5.41, 5.74) is 2.94. The van der Waals surface area contributed by atoms with Crippen LogP contribution < -0.4 is 32.8 Å². The Balaban J connectivity index is 0.000000267. The maximum atomic E-state index is 12.9. The van der Waals surface area contributed by atoms with Gasteiger partial charge in [0.1, 0.15) is 23.3 Å². The quantitative estimate of drug-likeness (QED) is 0.106. The van der Waals surface area contributed by atoms with Gasteiger partial charge in [0.05, 0.1) is 11.1 Å². The molecule has 49 heavy (non-hydrogen) atoms. The highest BCUT2D eigenvalue weighted by atomic mass is 35.5. The second kappa shape index (κ2) is 16.3. The van der Waals surface area contributed by atoms with Gasteiger partial charge in [-0.15, -0.1) is 11.6 Å². The van der Waals surface area contributed by atoms with E-state index in [0.29, 0.717) is 23.6 Å². The van der Waals surface area contributed by atoms with E-state index in [9.17, 15) is 38.2 Å². The van der Waals surface area contributed by atoms with Crippen molar-refractivity contribution in [3.05, 3.63) is 115 Å². The fraction of sp³-hybridized carbons (Fsp3) is 0.312. The monoisotopic (exact) mass is 702 g/mol. The number of nitrogens with two attached hydrogens (primary N) is 1. The molecule has 0 spiro atoms. The number of rotatable bonds is 11. The number of alkyl halides is 1. The van der Waals surface area contributed by atoms with Gasteiger partial charge in [-0.1, -0.05) is 24.3 Å². The van der Waals surface area contributed by atoms with Crippen molar-refractivity contribution in [1.82, 2.24) is 35.9 Å². The predicted octanol–water partition coefficient (Wildman–Crippen LogP) is 2.35. The second-order valence-corrected chi connectivity index (χ2v) is 12.2. The van der Waals surface area contributed by atoms with Crippen molar-refractivity contribution in [2.24, 2.45) is 5.73 Å². The van der Waals surface area contributed by atoms with Crippen molar-refractivity contribution in [2.45, 2.75) is 51.9 Å². The van der Waals surface area contributed by atoms with Gasteiger partial charge in [0, 0.05) is 25.5 Å². The highest BCUT2D eigenvalue weighted by molar-refractivity contribution is 6.18. The largest absolute Gasteiger partial charge is 0.501 e. The molecular formula is C32H37ClF2N8O6. The van der Waals surface area contributed by atoms with Gasteiger partial charge in [0.2, 0.25) is 11.5 Å². The van der Waals surface area contributed by atoms with Crippen molar-refractivity contribution in [3.8, 4) is 11.5 Å². The molecule has 0 aliphatic carbocycles. The summed E-state index contributed by atoms with van der Waals surface area (Å²) >= 11 is 5.66. The molecule has 0 fully saturated rings. The number of hydrogen-bond donors (Lipinski definition) is 8. The van der Waals surface area contributed by atoms with Gasteiger partial charge < -0.3 is 41.9 Å². The van der Waals surface area contributed by atoms with E-state index in [2.05, 4.69) is 35.9 Å². The molecule has 0 unspecified atom stereocenters. The molecule has 0 saturated heterocycles. The summed E-state index contributed by atoms with van der Waals surface area (Å²) in [6.45, 7) is 7.37. The summed E-state index contributed by atoms with van der Waals surface area (Å²) in [6, 6.07) is 11.1. The molecule has 2 heterocycles. The molecule has 0 radical (unpaired) electrons. The molecule has 2 aromatic carbocycles. The van der Waals surface area contributed by atoms with Crippen molar-refractivity contribution < 1.29 is 28.6 Å². The van der Waals surface area contributed by atoms with E-state index in [1.54, 1.807) is 27.7 Å². The molecule has 9 N–H and O–H groups in total. The molecule has 0 aliphatic heterocycles. The van der Waals surface area contributed by atoms with E-state index in [0.717, 1.165) is 0 Å². The fourth-order valence-corrected chi connectivity index (χ4v) is 4.13. The zero-order valence-corrected chi connectivity index (χ0v) is 27.8. The molecule has 0 aliphatic rings. The second-order valence-electron chi connectivity index (χ2n) is 11.8. The average Bonchev–Trinajstić information content (AvgIpc) is 3.05. The molecule has 4 rings (SSSR count). The summed E-state index contributed by atoms with van der Waals surface area (Å²) in [4.78, 5) is 61.0. The third-order valence-corrected chi connectivity index (χ3v) is 7.01. The van der Waals surface area contributed by atoms with Crippen molar-refractivity contribution in [2.75, 3.05) is 12.4 Å². The lowest BCUT2D eigenvalue weighted by molar-refractivity contribution is 0.0933. The van der Waals surface area contributed by atoms with Crippen LogP contribution in [0.2, 0.25) is 0 Å². The summed E-state index contributed by atoms with van der Waals surface area (Å²) in [6.07, 6.45) is 0. The molecule has 4 aromatic rings. The molecule has 17 heteroatoms. The number of aromatic nitrogens is 4. The van der Waals surface area contributed by atoms with Crippen LogP contribution in [0.1, 0.15) is 71.4 Å². The number of nitrogens with one attached hydrogen (secondary N) is 5. The van der Waals surface area contributed by atoms with Crippen LogP contribution in [0.5, 0.6) is 11.5 Å². The van der Waals surface area contributed by atoms with Gasteiger partial charge in [-0.2, -0.15) is 0 Å². The Kier molecular flexibility index (Phi) is 12.7. The number of halogens is 3. The molecule has 262 valence electrons. The van der Waals surface area contributed by atoms with Crippen LogP contribution in [0.3, 0.4) is 0 Å². The highest BCUT2D eigenvalue weighted by Crippen LogP contribution is 2.18. The smallest absolute Gasteiger partial charge is 0.293 e. The third kappa shape index (κ3) is 10.7. The molecule has 2 amide bonds. The number of carbonyl (C=O) groups is 2. The normalized spacial score (nSPS) is 11.3. The van der Waals surface area contributed by atoms with E-state index in [-0.39, 0.29) is 42.1 Å². The minimum Gasteiger partial charge on any atom is -0.501 e. The number of benzene rings is 2. The molecule has 14 nitrogen and oxygen atoms in total. The third-order valence-electron chi connectivity index (χ3n) is 6.82. The van der Waals surface area contributed by atoms with E-state index in [1.165, 1.54) is 48.5 Å². The Morgan fingerprint density at radius 3 is 1.55 bits per heavy atom. The van der Waals surface area contributed by atoms with Crippen LogP contribution in [0.15, 0.2) is 58.1 Å². The van der Waals surface area contributed by atoms with Crippen molar-refractivity contribution >= 4 is 23.4 Å². The average molecular weight is 703 g/mol. The predicted molar refractivity (Wildman–Crippen MR) is 177 cm³/mol. The SMILES string of the molecule is CC(C)(N)c1nc(C(=O)NCc2ccc(F)cc2)c(O)c(=O)[nH]1.CC(C)(NCCCl)c1nc(C(=O)NCc2ccc(F)cc2)c(O)c(=O)[nH]1. The standard InChI is InChI=1S/C17H20ClFN4O3.C15H17FN4O3/c1-17(2,21-8-7-18)16-22-12(13(24)15(26)23-16)14(25)20-9-10-3-5-11(19)6-4-10;1-15(2,17)14-19-10(11(21)13(23)20-14)12(22)18-7-8-3-5-9(16)6-4-8/h3-6,21,24H,7-9H2,1-2H3,(H,20,25)(H,22,23,26);3-6,21H,7,17H2,1-2H3,(H,18,22)(H,19,20,23). The first kappa shape index (κ1) is 38.3. The van der Waals surface area contributed by atoms with Crippen LogP contribution in [0, 0.1) is 11.6 Å². The Bertz CT molecular complexity index is 1890. The Hall–Kier alpha value is -5.19. The number of H-pyrrole nitrogens is 2. The Morgan fingerprint density at radius 1 is 0.776 bits per heavy atom. The number of aromatic hydroxyl groups is 2. The van der Waals surface area contributed by atoms with Gasteiger partial charge in [0.15, 0.2) is 11.4 Å². The van der Waals surface area contributed by atoms with Gasteiger partial charge in [-0.25, -0.2) is 18.7 Å². The minimum atomic E-state index is -0.987. The lowest BCUT2D eigenvalue weighted by atomic mass is 10.0. The summed E-state index contributed by atoms with van der Waals surface area (Å²) in [7, 11) is 0. The zero-order chi connectivity index (χ0) is 36.5. The topological polar surface area (TPSA) is 228 Å². The first-order chi connectivity index (χ1) is 22.9. The first-order valence-electron chi connectivity index (χ1n) is 14.8. The van der Waals surface area contributed by atoms with Gasteiger partial charge in [-0.05, 0) is 63.1 Å². The molecule has 0 bridgehead atoms. The van der Waals surface area contributed by atoms with Gasteiger partial charge >= 0.3 is 0 Å². The van der Waals surface area contributed by atoms with Crippen LogP contribution in [-0.2, 0) is 24.2 Å². The van der Waals surface area contributed by atoms with E-state index in [1.807, 2.05) is 0 Å². The highest BCUT2D eigenvalue weighted by Gasteiger charge is 2.27. The Labute approximate surface area is 284 Å². The van der Waals surface area contributed by atoms with Gasteiger partial charge in [-0.3, -0.25) is 19.2 Å². The van der Waals surface area contributed by atoms with E-state index < -0.39 is 51.2 Å². The molecular weight excluding hydrogens is 666 g/mol. The van der Waals surface area contributed by atoms with Crippen LogP contribution >= 0.6 is 11.6 Å². The number of hydrogen-bond acceptors (Lipinski definition) is 10. The number of aromatic amines is 2. The maximum Gasteiger partial charge on any atom is 0.293 e. The number of carbonyl (C=O) groups excluding carboxylic acids is 2. The molecule has 0 atom stereocenters. The van der Waals surface area contributed by atoms with Crippen LogP contribution in [-0.4, -0.2) is 54.4 Å². The summed E-state index contributed by atoms with van der Waals surface area (Å²) in [5, 5.41) is 27.8. The van der Waals surface area contributed by atoms with Crippen molar-refractivity contribution in [3.63, 3.8) is 0 Å². The minimum absolute atomic E-state index is 0.0761. The van der Waals surface area contributed by atoms with E-state index in [4.69, 9.17) is 17.3 Å². The number of nitrogens with zero attached hydrogens (tertiary/aromatic N) is 2. The lowest BCUT2D eigenvalue weighted by Gasteiger charge is -2.25. The van der Waals surface area contributed by atoms with Crippen LogP contribution in [0.25, 0.3) is 0 Å². The number of amides is 2. The fourth-order valence-electron chi connectivity index (χ4n) is 4.03. The lowest BCUT2D eigenvalue weighted by Crippen LogP contribution is -2.41. The summed E-state index contributed by atoms with van der Waals surface area (Å²) in [5.74, 6) is -3.14. The summed E-state index contributed by atoms with van der Waals surface area (Å²) < 4.78 is 25.7. The van der Waals surface area contributed by atoms with Gasteiger partial charge in [0.25, 0.3) is 22.9 Å². The van der Waals surface area contributed by atoms with E-state index >= 15 is 0 Å². The first-order valence-corrected chi connectivity index (χ1v) is 15.3. The Morgan fingerprint density at radius 2 is 1.16 bits per heavy atom. The maximum absolute atomic E-state index is 12.9. The molecule has 0 saturated carbocycles. The zero-order valence-electron chi connectivity index (χ0n) is 27.1. The van der Waals surface area contributed by atoms with Crippen molar-refractivity contribution in [1.29, 1.82) is 0 Å². The van der Waals surface area contributed by atoms with Crippen LogP contribution in [0.4, 0.5) is 8.78 Å². The molecule has 2 aromatic heterocycles.